The number of phenolic OH excluding ortho intramolecular Hbond substituents is 1. The average Bonchev–Trinajstić information content (AvgIpc) is 2.91. The molecule has 0 spiro atoms. The molecule has 1 aromatic rings. The van der Waals surface area contributed by atoms with Crippen molar-refractivity contribution in [2.75, 3.05) is 27.4 Å². The zero-order chi connectivity index (χ0) is 13.1. The van der Waals surface area contributed by atoms with Gasteiger partial charge in [0.15, 0.2) is 11.5 Å². The van der Waals surface area contributed by atoms with Crippen LogP contribution in [0.25, 0.3) is 0 Å². The molecule has 1 N–H and O–H groups in total. The Hall–Kier alpha value is -1.26. The van der Waals surface area contributed by atoms with Gasteiger partial charge in [0.2, 0.25) is 0 Å². The lowest BCUT2D eigenvalue weighted by atomic mass is 10.0. The van der Waals surface area contributed by atoms with E-state index in [-0.39, 0.29) is 11.8 Å². The Morgan fingerprint density at radius 3 is 2.89 bits per heavy atom. The standard InChI is InChI=1S/C14H21NO3/c1-10(15(2)12-6-7-18-9-12)11-4-5-13(16)14(8-11)17-3/h4-5,8,10,12,16H,6-7,9H2,1-3H3. The summed E-state index contributed by atoms with van der Waals surface area (Å²) in [6.45, 7) is 3.81. The second kappa shape index (κ2) is 5.59. The van der Waals surface area contributed by atoms with Crippen LogP contribution in [-0.2, 0) is 4.74 Å². The van der Waals surface area contributed by atoms with E-state index in [0.29, 0.717) is 11.8 Å². The number of nitrogens with zero attached hydrogens (tertiary/aromatic N) is 1. The van der Waals surface area contributed by atoms with Gasteiger partial charge in [-0.15, -0.1) is 0 Å². The summed E-state index contributed by atoms with van der Waals surface area (Å²) >= 11 is 0. The van der Waals surface area contributed by atoms with Crippen molar-refractivity contribution in [2.24, 2.45) is 0 Å². The van der Waals surface area contributed by atoms with E-state index in [1.54, 1.807) is 13.2 Å². The molecule has 4 heteroatoms. The van der Waals surface area contributed by atoms with E-state index in [9.17, 15) is 5.11 Å². The molecule has 1 aliphatic rings. The van der Waals surface area contributed by atoms with E-state index >= 15 is 0 Å². The molecule has 0 aromatic heterocycles. The van der Waals surface area contributed by atoms with Gasteiger partial charge in [0.1, 0.15) is 0 Å². The first-order valence-corrected chi connectivity index (χ1v) is 6.30. The first kappa shape index (κ1) is 13.2. The number of benzene rings is 1. The van der Waals surface area contributed by atoms with Crippen molar-refractivity contribution < 1.29 is 14.6 Å². The summed E-state index contributed by atoms with van der Waals surface area (Å²) in [4.78, 5) is 2.32. The van der Waals surface area contributed by atoms with Gasteiger partial charge in [-0.05, 0) is 38.1 Å². The minimum Gasteiger partial charge on any atom is -0.504 e. The van der Waals surface area contributed by atoms with E-state index in [0.717, 1.165) is 25.2 Å². The molecular formula is C14H21NO3. The average molecular weight is 251 g/mol. The van der Waals surface area contributed by atoms with Crippen LogP contribution in [0.1, 0.15) is 24.9 Å². The summed E-state index contributed by atoms with van der Waals surface area (Å²) in [5.41, 5.74) is 1.14. The molecule has 100 valence electrons. The van der Waals surface area contributed by atoms with Crippen molar-refractivity contribution in [1.82, 2.24) is 4.90 Å². The van der Waals surface area contributed by atoms with Gasteiger partial charge >= 0.3 is 0 Å². The first-order chi connectivity index (χ1) is 8.63. The van der Waals surface area contributed by atoms with Crippen LogP contribution in [0.5, 0.6) is 11.5 Å². The van der Waals surface area contributed by atoms with Gasteiger partial charge in [-0.3, -0.25) is 4.90 Å². The van der Waals surface area contributed by atoms with E-state index in [1.807, 2.05) is 12.1 Å². The number of ether oxygens (including phenoxy) is 2. The summed E-state index contributed by atoms with van der Waals surface area (Å²) in [5.74, 6) is 0.704. The number of hydrogen-bond acceptors (Lipinski definition) is 4. The van der Waals surface area contributed by atoms with Gasteiger partial charge in [-0.25, -0.2) is 0 Å². The van der Waals surface area contributed by atoms with Crippen LogP contribution in [-0.4, -0.2) is 43.4 Å². The number of likely N-dealkylation sites (N-methyl/N-ethyl adjacent to an activating group) is 1. The molecule has 1 aromatic carbocycles. The largest absolute Gasteiger partial charge is 0.504 e. The molecule has 1 saturated heterocycles. The molecule has 0 amide bonds. The second-order valence-corrected chi connectivity index (χ2v) is 4.79. The molecule has 0 radical (unpaired) electrons. The maximum atomic E-state index is 9.61. The molecular weight excluding hydrogens is 230 g/mol. The fourth-order valence-corrected chi connectivity index (χ4v) is 2.35. The minimum absolute atomic E-state index is 0.181. The summed E-state index contributed by atoms with van der Waals surface area (Å²) < 4.78 is 10.6. The van der Waals surface area contributed by atoms with Crippen molar-refractivity contribution in [2.45, 2.75) is 25.4 Å². The lowest BCUT2D eigenvalue weighted by molar-refractivity contribution is 0.138. The lowest BCUT2D eigenvalue weighted by Gasteiger charge is -2.30. The fraction of sp³-hybridized carbons (Fsp3) is 0.571. The number of aromatic hydroxyl groups is 1. The molecule has 0 bridgehead atoms. The lowest BCUT2D eigenvalue weighted by Crippen LogP contribution is -2.34. The maximum Gasteiger partial charge on any atom is 0.160 e. The highest BCUT2D eigenvalue weighted by atomic mass is 16.5. The molecule has 4 nitrogen and oxygen atoms in total. The van der Waals surface area contributed by atoms with Crippen LogP contribution in [0.2, 0.25) is 0 Å². The molecule has 1 heterocycles. The Morgan fingerprint density at radius 2 is 2.28 bits per heavy atom. The Kier molecular flexibility index (Phi) is 4.09. The van der Waals surface area contributed by atoms with Crippen LogP contribution in [0, 0.1) is 0 Å². The summed E-state index contributed by atoms with van der Waals surface area (Å²) in [6.07, 6.45) is 1.08. The molecule has 2 atom stereocenters. The van der Waals surface area contributed by atoms with Crippen molar-refractivity contribution in [3.05, 3.63) is 23.8 Å². The Morgan fingerprint density at radius 1 is 1.50 bits per heavy atom. The van der Waals surface area contributed by atoms with Gasteiger partial charge in [0.05, 0.1) is 13.7 Å². The summed E-state index contributed by atoms with van der Waals surface area (Å²) in [7, 11) is 3.68. The third-order valence-electron chi connectivity index (χ3n) is 3.78. The van der Waals surface area contributed by atoms with Gasteiger partial charge < -0.3 is 14.6 Å². The number of phenols is 1. The van der Waals surface area contributed by atoms with Gasteiger partial charge in [-0.2, -0.15) is 0 Å². The minimum atomic E-state index is 0.181. The number of methoxy groups -OCH3 is 1. The van der Waals surface area contributed by atoms with Crippen LogP contribution in [0.15, 0.2) is 18.2 Å². The summed E-state index contributed by atoms with van der Waals surface area (Å²) in [6, 6.07) is 6.26. The van der Waals surface area contributed by atoms with Gasteiger partial charge in [-0.1, -0.05) is 6.07 Å². The predicted molar refractivity (Wildman–Crippen MR) is 70.1 cm³/mol. The Bertz CT molecular complexity index is 402. The first-order valence-electron chi connectivity index (χ1n) is 6.30. The van der Waals surface area contributed by atoms with E-state index in [1.165, 1.54) is 0 Å². The smallest absolute Gasteiger partial charge is 0.160 e. The van der Waals surface area contributed by atoms with Crippen LogP contribution >= 0.6 is 0 Å². The Balaban J connectivity index is 2.14. The molecule has 0 saturated carbocycles. The third kappa shape index (κ3) is 2.60. The second-order valence-electron chi connectivity index (χ2n) is 4.79. The molecule has 18 heavy (non-hydrogen) atoms. The molecule has 1 fully saturated rings. The highest BCUT2D eigenvalue weighted by Crippen LogP contribution is 2.31. The van der Waals surface area contributed by atoms with Crippen LogP contribution in [0.3, 0.4) is 0 Å². The molecule has 1 aliphatic heterocycles. The van der Waals surface area contributed by atoms with Gasteiger partial charge in [0, 0.05) is 18.7 Å². The quantitative estimate of drug-likeness (QED) is 0.890. The zero-order valence-corrected chi connectivity index (χ0v) is 11.2. The van der Waals surface area contributed by atoms with Crippen molar-refractivity contribution >= 4 is 0 Å². The van der Waals surface area contributed by atoms with E-state index < -0.39 is 0 Å². The molecule has 2 rings (SSSR count). The maximum absolute atomic E-state index is 9.61. The normalized spacial score (nSPS) is 21.2. The van der Waals surface area contributed by atoms with Crippen molar-refractivity contribution in [3.8, 4) is 11.5 Å². The van der Waals surface area contributed by atoms with Crippen LogP contribution < -0.4 is 4.74 Å². The SMILES string of the molecule is COc1cc(C(C)N(C)C2CCOC2)ccc1O. The summed E-state index contributed by atoms with van der Waals surface area (Å²) in [5, 5.41) is 9.61. The molecule has 2 unspecified atom stereocenters. The number of rotatable bonds is 4. The fourth-order valence-electron chi connectivity index (χ4n) is 2.35. The molecule has 0 aliphatic carbocycles. The van der Waals surface area contributed by atoms with Crippen molar-refractivity contribution in [1.29, 1.82) is 0 Å². The van der Waals surface area contributed by atoms with Crippen LogP contribution in [0.4, 0.5) is 0 Å². The van der Waals surface area contributed by atoms with E-state index in [4.69, 9.17) is 9.47 Å². The number of hydrogen-bond donors (Lipinski definition) is 1. The van der Waals surface area contributed by atoms with E-state index in [2.05, 4.69) is 18.9 Å². The predicted octanol–water partition coefficient (Wildman–Crippen LogP) is 2.18. The zero-order valence-electron chi connectivity index (χ0n) is 11.2. The monoisotopic (exact) mass is 251 g/mol. The van der Waals surface area contributed by atoms with Crippen molar-refractivity contribution in [3.63, 3.8) is 0 Å². The highest BCUT2D eigenvalue weighted by molar-refractivity contribution is 5.42. The Labute approximate surface area is 108 Å². The highest BCUT2D eigenvalue weighted by Gasteiger charge is 2.25. The topological polar surface area (TPSA) is 41.9 Å². The third-order valence-corrected chi connectivity index (χ3v) is 3.78. The van der Waals surface area contributed by atoms with Gasteiger partial charge in [0.25, 0.3) is 0 Å².